The zero-order chi connectivity index (χ0) is 10.9. The molecule has 0 saturated heterocycles. The molecule has 76 valence electrons. The van der Waals surface area contributed by atoms with Gasteiger partial charge in [-0.1, -0.05) is 0 Å². The highest BCUT2D eigenvalue weighted by Gasteiger charge is 2.17. The van der Waals surface area contributed by atoms with Crippen molar-refractivity contribution in [3.8, 4) is 0 Å². The van der Waals surface area contributed by atoms with Crippen molar-refractivity contribution >= 4 is 18.3 Å². The van der Waals surface area contributed by atoms with Gasteiger partial charge in [0, 0.05) is 19.8 Å². The second kappa shape index (κ2) is 4.03. The lowest BCUT2D eigenvalue weighted by molar-refractivity contribution is 0.425. The molecule has 0 saturated carbocycles. The SMILES string of the molecule is Cc1cc(N(C)C)cc(C)c1B(O)O. The van der Waals surface area contributed by atoms with Gasteiger partial charge in [-0.15, -0.1) is 0 Å². The first kappa shape index (κ1) is 11.1. The largest absolute Gasteiger partial charge is 0.488 e. The highest BCUT2D eigenvalue weighted by molar-refractivity contribution is 6.59. The lowest BCUT2D eigenvalue weighted by Crippen LogP contribution is -2.34. The average Bonchev–Trinajstić information content (AvgIpc) is 2.01. The molecule has 0 aliphatic heterocycles. The second-order valence-electron chi connectivity index (χ2n) is 3.76. The van der Waals surface area contributed by atoms with Crippen LogP contribution >= 0.6 is 0 Å². The molecule has 0 aliphatic rings. The molecule has 0 amide bonds. The van der Waals surface area contributed by atoms with Crippen LogP contribution in [-0.2, 0) is 0 Å². The third-order valence-electron chi connectivity index (χ3n) is 2.35. The highest BCUT2D eigenvalue weighted by Crippen LogP contribution is 2.14. The fourth-order valence-corrected chi connectivity index (χ4v) is 1.62. The molecule has 0 fully saturated rings. The number of hydrogen-bond acceptors (Lipinski definition) is 3. The van der Waals surface area contributed by atoms with E-state index in [0.29, 0.717) is 5.46 Å². The number of anilines is 1. The Balaban J connectivity index is 3.25. The van der Waals surface area contributed by atoms with E-state index >= 15 is 0 Å². The number of aryl methyl sites for hydroxylation is 2. The molecule has 2 N–H and O–H groups in total. The van der Waals surface area contributed by atoms with E-state index in [1.807, 2.05) is 45.0 Å². The molecule has 14 heavy (non-hydrogen) atoms. The zero-order valence-electron chi connectivity index (χ0n) is 9.07. The fourth-order valence-electron chi connectivity index (χ4n) is 1.62. The molecule has 1 aromatic carbocycles. The van der Waals surface area contributed by atoms with Crippen LogP contribution in [0, 0.1) is 13.8 Å². The molecule has 0 unspecified atom stereocenters. The summed E-state index contributed by atoms with van der Waals surface area (Å²) in [6.07, 6.45) is 0. The van der Waals surface area contributed by atoms with Crippen molar-refractivity contribution in [3.05, 3.63) is 23.3 Å². The fraction of sp³-hybridized carbons (Fsp3) is 0.400. The molecule has 0 spiro atoms. The van der Waals surface area contributed by atoms with Crippen LogP contribution in [0.1, 0.15) is 11.1 Å². The third-order valence-corrected chi connectivity index (χ3v) is 2.35. The van der Waals surface area contributed by atoms with Gasteiger partial charge in [0.2, 0.25) is 0 Å². The minimum atomic E-state index is -1.38. The van der Waals surface area contributed by atoms with E-state index in [1.54, 1.807) is 0 Å². The molecular formula is C10H16BNO2. The maximum absolute atomic E-state index is 9.16. The van der Waals surface area contributed by atoms with Gasteiger partial charge in [-0.25, -0.2) is 0 Å². The summed E-state index contributed by atoms with van der Waals surface area (Å²) < 4.78 is 0. The van der Waals surface area contributed by atoms with Crippen LogP contribution in [0.3, 0.4) is 0 Å². The van der Waals surface area contributed by atoms with Crippen molar-refractivity contribution in [2.24, 2.45) is 0 Å². The molecule has 1 rings (SSSR count). The van der Waals surface area contributed by atoms with E-state index in [4.69, 9.17) is 10.0 Å². The number of rotatable bonds is 2. The molecule has 0 bridgehead atoms. The molecule has 0 radical (unpaired) electrons. The van der Waals surface area contributed by atoms with Gasteiger partial charge >= 0.3 is 7.12 Å². The van der Waals surface area contributed by atoms with Crippen LogP contribution in [0.2, 0.25) is 0 Å². The Morgan fingerprint density at radius 3 is 1.79 bits per heavy atom. The Labute approximate surface area is 85.1 Å². The normalized spacial score (nSPS) is 10.1. The first-order chi connectivity index (χ1) is 6.43. The van der Waals surface area contributed by atoms with Gasteiger partial charge < -0.3 is 14.9 Å². The predicted octanol–water partition coefficient (Wildman–Crippen LogP) is 0.0492. The van der Waals surface area contributed by atoms with E-state index in [9.17, 15) is 0 Å². The van der Waals surface area contributed by atoms with Gasteiger partial charge in [-0.3, -0.25) is 0 Å². The van der Waals surface area contributed by atoms with E-state index in [0.717, 1.165) is 16.8 Å². The minimum Gasteiger partial charge on any atom is -0.423 e. The Kier molecular flexibility index (Phi) is 3.19. The number of benzene rings is 1. The van der Waals surface area contributed by atoms with Crippen LogP contribution in [-0.4, -0.2) is 31.3 Å². The summed E-state index contributed by atoms with van der Waals surface area (Å²) in [6, 6.07) is 3.89. The molecule has 0 heterocycles. The zero-order valence-corrected chi connectivity index (χ0v) is 9.07. The molecule has 1 aromatic rings. The number of hydrogen-bond donors (Lipinski definition) is 2. The van der Waals surface area contributed by atoms with Gasteiger partial charge in [0.25, 0.3) is 0 Å². The predicted molar refractivity (Wildman–Crippen MR) is 60.1 cm³/mol. The van der Waals surface area contributed by atoms with Crippen LogP contribution in [0.15, 0.2) is 12.1 Å². The Bertz CT molecular complexity index is 314. The van der Waals surface area contributed by atoms with E-state index in [1.165, 1.54) is 0 Å². The Morgan fingerprint density at radius 2 is 1.50 bits per heavy atom. The van der Waals surface area contributed by atoms with Gasteiger partial charge in [-0.2, -0.15) is 0 Å². The van der Waals surface area contributed by atoms with Gasteiger partial charge in [0.05, 0.1) is 0 Å². The topological polar surface area (TPSA) is 43.7 Å². The smallest absolute Gasteiger partial charge is 0.423 e. The summed E-state index contributed by atoms with van der Waals surface area (Å²) in [5.74, 6) is 0. The van der Waals surface area contributed by atoms with Crippen molar-refractivity contribution in [1.29, 1.82) is 0 Å². The minimum absolute atomic E-state index is 0.607. The van der Waals surface area contributed by atoms with E-state index < -0.39 is 7.12 Å². The second-order valence-corrected chi connectivity index (χ2v) is 3.76. The summed E-state index contributed by atoms with van der Waals surface area (Å²) in [6.45, 7) is 3.77. The first-order valence-corrected chi connectivity index (χ1v) is 4.58. The molecule has 0 aliphatic carbocycles. The summed E-state index contributed by atoms with van der Waals surface area (Å²) in [5, 5.41) is 18.3. The van der Waals surface area contributed by atoms with Crippen molar-refractivity contribution in [3.63, 3.8) is 0 Å². The Morgan fingerprint density at radius 1 is 1.07 bits per heavy atom. The molecule has 4 heteroatoms. The van der Waals surface area contributed by atoms with Crippen LogP contribution in [0.4, 0.5) is 5.69 Å². The van der Waals surface area contributed by atoms with Crippen molar-refractivity contribution < 1.29 is 10.0 Å². The summed E-state index contributed by atoms with van der Waals surface area (Å²) in [4.78, 5) is 1.99. The summed E-state index contributed by atoms with van der Waals surface area (Å²) in [7, 11) is 2.54. The van der Waals surface area contributed by atoms with Crippen molar-refractivity contribution in [2.45, 2.75) is 13.8 Å². The summed E-state index contributed by atoms with van der Waals surface area (Å²) in [5.41, 5.74) is 3.49. The monoisotopic (exact) mass is 193 g/mol. The lowest BCUT2D eigenvalue weighted by Gasteiger charge is -2.17. The van der Waals surface area contributed by atoms with Gasteiger partial charge in [-0.05, 0) is 42.6 Å². The first-order valence-electron chi connectivity index (χ1n) is 4.58. The van der Waals surface area contributed by atoms with Crippen molar-refractivity contribution in [1.82, 2.24) is 0 Å². The van der Waals surface area contributed by atoms with Crippen LogP contribution in [0.5, 0.6) is 0 Å². The highest BCUT2D eigenvalue weighted by atomic mass is 16.4. The van der Waals surface area contributed by atoms with Crippen LogP contribution in [0.25, 0.3) is 0 Å². The van der Waals surface area contributed by atoms with Gasteiger partial charge in [0.1, 0.15) is 0 Å². The average molecular weight is 193 g/mol. The number of nitrogens with zero attached hydrogens (tertiary/aromatic N) is 1. The molecule has 3 nitrogen and oxygen atoms in total. The molecular weight excluding hydrogens is 177 g/mol. The van der Waals surface area contributed by atoms with E-state index in [2.05, 4.69) is 0 Å². The summed E-state index contributed by atoms with van der Waals surface area (Å²) >= 11 is 0. The van der Waals surface area contributed by atoms with E-state index in [-0.39, 0.29) is 0 Å². The Hall–Kier alpha value is -0.995. The van der Waals surface area contributed by atoms with Gasteiger partial charge in [0.15, 0.2) is 0 Å². The maximum Gasteiger partial charge on any atom is 0.488 e. The maximum atomic E-state index is 9.16. The third kappa shape index (κ3) is 2.08. The standard InChI is InChI=1S/C10H16BNO2/c1-7-5-9(12(3)4)6-8(2)10(7)11(13)14/h5-6,13-14H,1-4H3. The van der Waals surface area contributed by atoms with Crippen LogP contribution < -0.4 is 10.4 Å². The quantitative estimate of drug-likeness (QED) is 0.652. The molecule has 0 aromatic heterocycles. The lowest BCUT2D eigenvalue weighted by atomic mass is 9.74. The molecule has 0 atom stereocenters. The van der Waals surface area contributed by atoms with Crippen molar-refractivity contribution in [2.75, 3.05) is 19.0 Å².